The molecule has 0 aliphatic heterocycles. The molecule has 0 aromatic carbocycles. The van der Waals surface area contributed by atoms with Gasteiger partial charge in [0.25, 0.3) is 5.82 Å². The third kappa shape index (κ3) is 2.89. The molecule has 22 heavy (non-hydrogen) atoms. The van der Waals surface area contributed by atoms with E-state index in [1.54, 1.807) is 0 Å². The van der Waals surface area contributed by atoms with Crippen LogP contribution in [0.25, 0.3) is 11.2 Å². The number of imidazole rings is 1. The van der Waals surface area contributed by atoms with Crippen LogP contribution < -0.4 is 10.2 Å². The summed E-state index contributed by atoms with van der Waals surface area (Å²) in [6.07, 6.45) is -10.9. The molecule has 0 radical (unpaired) electrons. The van der Waals surface area contributed by atoms with E-state index in [2.05, 4.69) is 14.8 Å². The van der Waals surface area contributed by atoms with Gasteiger partial charge in [-0.25, -0.2) is 14.8 Å². The number of rotatable bonds is 1. The Balaban J connectivity index is 2.70. The number of pyridine rings is 1. The van der Waals surface area contributed by atoms with E-state index in [0.29, 0.717) is 12.3 Å². The van der Waals surface area contributed by atoms with Crippen LogP contribution in [0.15, 0.2) is 12.3 Å². The molecule has 1 N–H and O–H groups in total. The van der Waals surface area contributed by atoms with Gasteiger partial charge in [0, 0.05) is 13.2 Å². The fourth-order valence-electron chi connectivity index (χ4n) is 1.50. The number of carbonyl (C=O) groups is 1. The minimum Gasteiger partial charge on any atom is -0.323 e. The Morgan fingerprint density at radius 3 is 2.36 bits per heavy atom. The van der Waals surface area contributed by atoms with Gasteiger partial charge >= 0.3 is 18.4 Å². The van der Waals surface area contributed by atoms with Crippen molar-refractivity contribution >= 4 is 17.3 Å². The highest BCUT2D eigenvalue weighted by atomic mass is 19.4. The first-order valence-electron chi connectivity index (χ1n) is 5.47. The third-order valence-corrected chi connectivity index (χ3v) is 2.43. The van der Waals surface area contributed by atoms with E-state index >= 15 is 0 Å². The van der Waals surface area contributed by atoms with E-state index in [9.17, 15) is 31.1 Å². The number of hydrogen-bond donors (Lipinski definition) is 1. The van der Waals surface area contributed by atoms with Gasteiger partial charge in [0.1, 0.15) is 5.52 Å². The second-order valence-corrected chi connectivity index (χ2v) is 3.92. The molecule has 0 spiro atoms. The van der Waals surface area contributed by atoms with Crippen LogP contribution in [0, 0.1) is 0 Å². The molecule has 0 fully saturated rings. The summed E-state index contributed by atoms with van der Waals surface area (Å²) in [7, 11) is 1.06. The summed E-state index contributed by atoms with van der Waals surface area (Å²) in [6, 6.07) is 0.355. The van der Waals surface area contributed by atoms with Crippen LogP contribution in [0.4, 0.5) is 31.1 Å². The maximum atomic E-state index is 12.8. The lowest BCUT2D eigenvalue weighted by atomic mass is 10.2. The molecule has 0 bridgehead atoms. The Labute approximate surface area is 117 Å². The summed E-state index contributed by atoms with van der Waals surface area (Å²) in [6.45, 7) is 0. The molecule has 0 aliphatic carbocycles. The number of fused-ring (bicyclic) bond motifs is 1. The quantitative estimate of drug-likeness (QED) is 0.815. The van der Waals surface area contributed by atoms with Crippen LogP contribution in [0.1, 0.15) is 11.4 Å². The monoisotopic (exact) mass is 328 g/mol. The van der Waals surface area contributed by atoms with Gasteiger partial charge < -0.3 is 10.2 Å². The molecule has 1 amide bonds. The lowest BCUT2D eigenvalue weighted by Crippen LogP contribution is -2.31. The Kier molecular flexibility index (Phi) is 3.63. The van der Waals surface area contributed by atoms with Crippen LogP contribution in [0.5, 0.6) is 0 Å². The van der Waals surface area contributed by atoms with Crippen LogP contribution >= 0.6 is 0 Å². The van der Waals surface area contributed by atoms with Crippen LogP contribution in [0.3, 0.4) is 0 Å². The van der Waals surface area contributed by atoms with Crippen molar-refractivity contribution < 1.29 is 36.0 Å². The van der Waals surface area contributed by atoms with Gasteiger partial charge in [-0.15, -0.1) is 4.73 Å². The number of amides is 1. The molecule has 12 heteroatoms. The van der Waals surface area contributed by atoms with Gasteiger partial charge in [-0.1, -0.05) is 0 Å². The fraction of sp³-hybridized carbons (Fsp3) is 0.300. The van der Waals surface area contributed by atoms with Gasteiger partial charge in [0.15, 0.2) is 5.65 Å². The maximum absolute atomic E-state index is 12.8. The average molecular weight is 328 g/mol. The molecule has 120 valence electrons. The van der Waals surface area contributed by atoms with Crippen LogP contribution in [0.2, 0.25) is 0 Å². The van der Waals surface area contributed by atoms with Crippen molar-refractivity contribution in [1.29, 1.82) is 0 Å². The zero-order valence-corrected chi connectivity index (χ0v) is 10.6. The van der Waals surface area contributed by atoms with E-state index in [0.717, 1.165) is 7.05 Å². The van der Waals surface area contributed by atoms with Crippen molar-refractivity contribution in [2.45, 2.75) is 12.4 Å². The van der Waals surface area contributed by atoms with E-state index in [4.69, 9.17) is 0 Å². The van der Waals surface area contributed by atoms with Crippen molar-refractivity contribution in [3.05, 3.63) is 23.7 Å². The number of alkyl halides is 6. The van der Waals surface area contributed by atoms with Crippen molar-refractivity contribution in [1.82, 2.24) is 20.0 Å². The number of halogens is 6. The highest BCUT2D eigenvalue weighted by Gasteiger charge is 2.40. The molecule has 2 heterocycles. The predicted octanol–water partition coefficient (Wildman–Crippen LogP) is 2.24. The summed E-state index contributed by atoms with van der Waals surface area (Å²) in [5.41, 5.74) is -2.70. The van der Waals surface area contributed by atoms with E-state index < -0.39 is 41.0 Å². The third-order valence-electron chi connectivity index (χ3n) is 2.43. The number of hydrogen-bond acceptors (Lipinski definition) is 4. The van der Waals surface area contributed by atoms with Crippen molar-refractivity contribution in [2.24, 2.45) is 0 Å². The normalized spacial score (nSPS) is 12.5. The van der Waals surface area contributed by atoms with Crippen LogP contribution in [-0.2, 0) is 12.4 Å². The second kappa shape index (κ2) is 5.03. The predicted molar refractivity (Wildman–Crippen MR) is 58.6 cm³/mol. The summed E-state index contributed by atoms with van der Waals surface area (Å²) in [4.78, 5) is 21.7. The molecule has 2 aromatic rings. The Bertz CT molecular complexity index is 721. The Morgan fingerprint density at radius 2 is 1.86 bits per heavy atom. The number of nitrogens with zero attached hydrogens (tertiary/aromatic N) is 3. The Morgan fingerprint density at radius 1 is 1.23 bits per heavy atom. The lowest BCUT2D eigenvalue weighted by Gasteiger charge is -2.10. The van der Waals surface area contributed by atoms with Crippen LogP contribution in [-0.4, -0.2) is 27.8 Å². The first kappa shape index (κ1) is 15.9. The fourth-order valence-corrected chi connectivity index (χ4v) is 1.50. The highest BCUT2D eigenvalue weighted by molar-refractivity contribution is 5.74. The van der Waals surface area contributed by atoms with Gasteiger partial charge in [-0.2, -0.15) is 26.3 Å². The number of carbonyl (C=O) groups excluding carboxylic acids is 1. The number of nitrogens with one attached hydrogen (secondary N) is 1. The summed E-state index contributed by atoms with van der Waals surface area (Å²) < 4.78 is 76.2. The lowest BCUT2D eigenvalue weighted by molar-refractivity contribution is -0.152. The standard InChI is InChI=1S/C10H6F6N4O2/c1-17-8(21)22-20-5-2-4(9(11,12)13)3-18-6(5)19-7(20)10(14,15)16/h2-3H,1H3,(H,17,21). The molecular formula is C10H6F6N4O2. The van der Waals surface area contributed by atoms with Crippen molar-refractivity contribution in [3.63, 3.8) is 0 Å². The minimum atomic E-state index is -5.06. The number of aromatic nitrogens is 3. The summed E-state index contributed by atoms with van der Waals surface area (Å²) in [5, 5.41) is 1.87. The molecule has 2 rings (SSSR count). The highest BCUT2D eigenvalue weighted by Crippen LogP contribution is 2.33. The molecule has 0 atom stereocenters. The van der Waals surface area contributed by atoms with E-state index in [-0.39, 0.29) is 4.73 Å². The molecular weight excluding hydrogens is 322 g/mol. The molecule has 0 aliphatic rings. The molecule has 0 saturated heterocycles. The zero-order valence-electron chi connectivity index (χ0n) is 10.6. The first-order valence-corrected chi connectivity index (χ1v) is 5.47. The Hall–Kier alpha value is -2.53. The van der Waals surface area contributed by atoms with Crippen molar-refractivity contribution in [3.8, 4) is 0 Å². The molecule has 0 unspecified atom stereocenters. The van der Waals surface area contributed by atoms with Gasteiger partial charge in [0.05, 0.1) is 5.56 Å². The smallest absolute Gasteiger partial charge is 0.323 e. The second-order valence-electron chi connectivity index (χ2n) is 3.92. The van der Waals surface area contributed by atoms with Gasteiger partial charge in [0.2, 0.25) is 0 Å². The first-order chi connectivity index (χ1) is 10.0. The SMILES string of the molecule is CNC(=O)On1c(C(F)(F)F)nc2ncc(C(F)(F)F)cc21. The largest absolute Gasteiger partial charge is 0.453 e. The molecule has 0 saturated carbocycles. The van der Waals surface area contributed by atoms with Gasteiger partial charge in [-0.3, -0.25) is 0 Å². The maximum Gasteiger partial charge on any atom is 0.453 e. The van der Waals surface area contributed by atoms with E-state index in [1.807, 2.05) is 5.32 Å². The van der Waals surface area contributed by atoms with Gasteiger partial charge in [-0.05, 0) is 6.07 Å². The van der Waals surface area contributed by atoms with Crippen molar-refractivity contribution in [2.75, 3.05) is 7.05 Å². The zero-order chi connectivity index (χ0) is 16.7. The summed E-state index contributed by atoms with van der Waals surface area (Å²) >= 11 is 0. The molecule has 2 aromatic heterocycles. The van der Waals surface area contributed by atoms with E-state index in [1.165, 1.54) is 0 Å². The minimum absolute atomic E-state index is 0.142. The molecule has 6 nitrogen and oxygen atoms in total. The topological polar surface area (TPSA) is 69.0 Å². The average Bonchev–Trinajstić information content (AvgIpc) is 2.75. The summed E-state index contributed by atoms with van der Waals surface area (Å²) in [5.74, 6) is -1.71.